The van der Waals surface area contributed by atoms with Gasteiger partial charge in [-0.1, -0.05) is 38.1 Å². The first-order valence-corrected chi connectivity index (χ1v) is 7.24. The van der Waals surface area contributed by atoms with E-state index in [-0.39, 0.29) is 0 Å². The van der Waals surface area contributed by atoms with Crippen LogP contribution in [0.2, 0.25) is 0 Å². The van der Waals surface area contributed by atoms with E-state index >= 15 is 0 Å². The van der Waals surface area contributed by atoms with Gasteiger partial charge in [-0.15, -0.1) is 11.8 Å². The second-order valence-corrected chi connectivity index (χ2v) is 6.11. The van der Waals surface area contributed by atoms with Crippen molar-refractivity contribution in [2.24, 2.45) is 5.92 Å². The van der Waals surface area contributed by atoms with Gasteiger partial charge in [0.1, 0.15) is 0 Å². The summed E-state index contributed by atoms with van der Waals surface area (Å²) >= 11 is 2.02. The topological polar surface area (TPSA) is 12.0 Å². The van der Waals surface area contributed by atoms with E-state index < -0.39 is 0 Å². The largest absolute Gasteiger partial charge is 0.302 e. The van der Waals surface area contributed by atoms with Gasteiger partial charge in [0.2, 0.25) is 0 Å². The van der Waals surface area contributed by atoms with Crippen LogP contribution in [-0.4, -0.2) is 12.3 Å². The quantitative estimate of drug-likeness (QED) is 0.859. The Kier molecular flexibility index (Phi) is 4.30. The Balaban J connectivity index is 2.00. The van der Waals surface area contributed by atoms with E-state index in [0.717, 1.165) is 12.5 Å². The van der Waals surface area contributed by atoms with Crippen molar-refractivity contribution in [2.45, 2.75) is 32.1 Å². The average molecular weight is 235 g/mol. The normalized spacial score (nSPS) is 21.3. The maximum atomic E-state index is 3.56. The molecule has 1 atom stereocenters. The Bertz CT molecular complexity index is 312. The first-order chi connectivity index (χ1) is 7.75. The van der Waals surface area contributed by atoms with E-state index in [2.05, 4.69) is 43.4 Å². The van der Waals surface area contributed by atoms with Crippen molar-refractivity contribution in [3.05, 3.63) is 35.4 Å². The zero-order valence-electron chi connectivity index (χ0n) is 10.2. The van der Waals surface area contributed by atoms with Crippen LogP contribution in [0.1, 0.15) is 36.8 Å². The molecular formula is C14H21NS. The Labute approximate surface area is 103 Å². The molecular weight excluding hydrogens is 214 g/mol. The van der Waals surface area contributed by atoms with Crippen LogP contribution in [0.25, 0.3) is 0 Å². The highest BCUT2D eigenvalue weighted by molar-refractivity contribution is 7.99. The molecule has 0 aromatic heterocycles. The second kappa shape index (κ2) is 5.74. The standard InChI is InChI=1S/C14H21NS/c1-11(2)10-12-4-6-13(7-5-12)14-15-8-3-9-16-14/h4-7,11,14-15H,3,8-10H2,1-2H3. The van der Waals surface area contributed by atoms with Gasteiger partial charge in [-0.3, -0.25) is 0 Å². The minimum atomic E-state index is 0.516. The van der Waals surface area contributed by atoms with Crippen molar-refractivity contribution >= 4 is 11.8 Å². The summed E-state index contributed by atoms with van der Waals surface area (Å²) in [6, 6.07) is 9.14. The fraction of sp³-hybridized carbons (Fsp3) is 0.571. The summed E-state index contributed by atoms with van der Waals surface area (Å²) in [6.07, 6.45) is 2.48. The molecule has 0 bridgehead atoms. The fourth-order valence-corrected chi connectivity index (χ4v) is 3.21. The highest BCUT2D eigenvalue weighted by atomic mass is 32.2. The first kappa shape index (κ1) is 12.0. The third-order valence-electron chi connectivity index (χ3n) is 2.86. The Morgan fingerprint density at radius 3 is 2.62 bits per heavy atom. The molecule has 1 unspecified atom stereocenters. The van der Waals surface area contributed by atoms with Gasteiger partial charge in [0.05, 0.1) is 5.37 Å². The van der Waals surface area contributed by atoms with Gasteiger partial charge in [-0.2, -0.15) is 0 Å². The van der Waals surface area contributed by atoms with Gasteiger partial charge in [0, 0.05) is 0 Å². The summed E-state index contributed by atoms with van der Waals surface area (Å²) in [5, 5.41) is 4.07. The van der Waals surface area contributed by atoms with Crippen molar-refractivity contribution in [3.63, 3.8) is 0 Å². The minimum absolute atomic E-state index is 0.516. The Morgan fingerprint density at radius 1 is 1.31 bits per heavy atom. The molecule has 1 nitrogen and oxygen atoms in total. The molecule has 1 saturated heterocycles. The first-order valence-electron chi connectivity index (χ1n) is 6.19. The van der Waals surface area contributed by atoms with Crippen molar-refractivity contribution in [1.29, 1.82) is 0 Å². The molecule has 1 aromatic rings. The van der Waals surface area contributed by atoms with Crippen LogP contribution >= 0.6 is 11.8 Å². The van der Waals surface area contributed by atoms with Crippen LogP contribution in [0.15, 0.2) is 24.3 Å². The lowest BCUT2D eigenvalue weighted by molar-refractivity contribution is 0.638. The molecule has 1 aliphatic rings. The molecule has 2 rings (SSSR count). The summed E-state index contributed by atoms with van der Waals surface area (Å²) in [4.78, 5) is 0. The van der Waals surface area contributed by atoms with Crippen molar-refractivity contribution < 1.29 is 0 Å². The van der Waals surface area contributed by atoms with Gasteiger partial charge in [0.25, 0.3) is 0 Å². The summed E-state index contributed by atoms with van der Waals surface area (Å²) in [5.74, 6) is 2.03. The van der Waals surface area contributed by atoms with Gasteiger partial charge in [-0.05, 0) is 42.2 Å². The van der Waals surface area contributed by atoms with Gasteiger partial charge in [-0.25, -0.2) is 0 Å². The number of hydrogen-bond acceptors (Lipinski definition) is 2. The maximum Gasteiger partial charge on any atom is 0.0789 e. The molecule has 0 saturated carbocycles. The molecule has 1 fully saturated rings. The SMILES string of the molecule is CC(C)Cc1ccc(C2NCCCS2)cc1. The van der Waals surface area contributed by atoms with Crippen LogP contribution < -0.4 is 5.32 Å². The maximum absolute atomic E-state index is 3.56. The monoisotopic (exact) mass is 235 g/mol. The molecule has 0 aliphatic carbocycles. The zero-order valence-corrected chi connectivity index (χ0v) is 11.0. The predicted octanol–water partition coefficient (Wildman–Crippen LogP) is 3.61. The molecule has 16 heavy (non-hydrogen) atoms. The minimum Gasteiger partial charge on any atom is -0.302 e. The highest BCUT2D eigenvalue weighted by Crippen LogP contribution is 2.29. The van der Waals surface area contributed by atoms with Crippen LogP contribution in [-0.2, 0) is 6.42 Å². The van der Waals surface area contributed by atoms with Crippen molar-refractivity contribution in [1.82, 2.24) is 5.32 Å². The molecule has 1 heterocycles. The van der Waals surface area contributed by atoms with Crippen LogP contribution in [0.5, 0.6) is 0 Å². The van der Waals surface area contributed by atoms with Gasteiger partial charge < -0.3 is 5.32 Å². The molecule has 0 spiro atoms. The summed E-state index contributed by atoms with van der Waals surface area (Å²) in [6.45, 7) is 5.70. The van der Waals surface area contributed by atoms with E-state index in [1.165, 1.54) is 29.7 Å². The highest BCUT2D eigenvalue weighted by Gasteiger charge is 2.14. The van der Waals surface area contributed by atoms with E-state index in [0.29, 0.717) is 5.37 Å². The van der Waals surface area contributed by atoms with Crippen LogP contribution in [0, 0.1) is 5.92 Å². The fourth-order valence-electron chi connectivity index (χ4n) is 2.08. The molecule has 0 radical (unpaired) electrons. The van der Waals surface area contributed by atoms with Gasteiger partial charge in [0.15, 0.2) is 0 Å². The summed E-state index contributed by atoms with van der Waals surface area (Å²) in [7, 11) is 0. The molecule has 88 valence electrons. The Morgan fingerprint density at radius 2 is 2.06 bits per heavy atom. The van der Waals surface area contributed by atoms with E-state index in [1.54, 1.807) is 0 Å². The molecule has 0 amide bonds. The molecule has 2 heteroatoms. The van der Waals surface area contributed by atoms with E-state index in [1.807, 2.05) is 11.8 Å². The molecule has 1 aliphatic heterocycles. The van der Waals surface area contributed by atoms with Crippen LogP contribution in [0.3, 0.4) is 0 Å². The Hall–Kier alpha value is -0.470. The lowest BCUT2D eigenvalue weighted by Gasteiger charge is -2.23. The summed E-state index contributed by atoms with van der Waals surface area (Å²) < 4.78 is 0. The number of hydrogen-bond donors (Lipinski definition) is 1. The third-order valence-corrected chi connectivity index (χ3v) is 4.16. The van der Waals surface area contributed by atoms with Crippen molar-refractivity contribution in [3.8, 4) is 0 Å². The molecule has 1 N–H and O–H groups in total. The van der Waals surface area contributed by atoms with Crippen molar-refractivity contribution in [2.75, 3.05) is 12.3 Å². The van der Waals surface area contributed by atoms with Gasteiger partial charge >= 0.3 is 0 Å². The van der Waals surface area contributed by atoms with E-state index in [4.69, 9.17) is 0 Å². The average Bonchev–Trinajstić information content (AvgIpc) is 2.30. The van der Waals surface area contributed by atoms with E-state index in [9.17, 15) is 0 Å². The predicted molar refractivity (Wildman–Crippen MR) is 72.8 cm³/mol. The smallest absolute Gasteiger partial charge is 0.0789 e. The number of nitrogens with one attached hydrogen (secondary N) is 1. The summed E-state index contributed by atoms with van der Waals surface area (Å²) in [5.41, 5.74) is 2.89. The zero-order chi connectivity index (χ0) is 11.4. The lowest BCUT2D eigenvalue weighted by atomic mass is 10.0. The second-order valence-electron chi connectivity index (χ2n) is 4.90. The number of rotatable bonds is 3. The molecule has 1 aromatic carbocycles. The van der Waals surface area contributed by atoms with Crippen LogP contribution in [0.4, 0.5) is 0 Å². The number of thioether (sulfide) groups is 1. The lowest BCUT2D eigenvalue weighted by Crippen LogP contribution is -2.25. The third kappa shape index (κ3) is 3.26. The number of benzene rings is 1.